The molecule has 0 saturated carbocycles. The average Bonchev–Trinajstić information content (AvgIpc) is 2.77. The third kappa shape index (κ3) is 6.03. The Hall–Kier alpha value is -3.96. The summed E-state index contributed by atoms with van der Waals surface area (Å²) in [5, 5.41) is 21.1. The van der Waals surface area contributed by atoms with Gasteiger partial charge < -0.3 is 15.2 Å². The van der Waals surface area contributed by atoms with Gasteiger partial charge in [-0.05, 0) is 60.2 Å². The van der Waals surface area contributed by atoms with Crippen molar-refractivity contribution in [1.82, 2.24) is 0 Å². The van der Waals surface area contributed by atoms with E-state index in [1.54, 1.807) is 30.3 Å². The summed E-state index contributed by atoms with van der Waals surface area (Å²) in [4.78, 5) is 23.7. The molecule has 0 heterocycles. The maximum atomic E-state index is 13.4. The highest BCUT2D eigenvalue weighted by atomic mass is 79.9. The van der Waals surface area contributed by atoms with Crippen LogP contribution in [0, 0.1) is 17.1 Å². The van der Waals surface area contributed by atoms with Crippen molar-refractivity contribution in [2.75, 3.05) is 5.32 Å². The molecule has 0 fully saturated rings. The number of aromatic carboxylic acids is 1. The van der Waals surface area contributed by atoms with Gasteiger partial charge in [0.25, 0.3) is 5.91 Å². The van der Waals surface area contributed by atoms with E-state index in [4.69, 9.17) is 9.84 Å². The van der Waals surface area contributed by atoms with Gasteiger partial charge in [0.2, 0.25) is 0 Å². The van der Waals surface area contributed by atoms with Gasteiger partial charge in [-0.15, -0.1) is 0 Å². The molecule has 0 spiro atoms. The Morgan fingerprint density at radius 1 is 1.12 bits per heavy atom. The summed E-state index contributed by atoms with van der Waals surface area (Å²) in [7, 11) is 0. The number of hydrogen-bond donors (Lipinski definition) is 2. The van der Waals surface area contributed by atoms with E-state index < -0.39 is 11.9 Å². The molecule has 0 unspecified atom stereocenters. The first-order valence-corrected chi connectivity index (χ1v) is 10.1. The van der Waals surface area contributed by atoms with E-state index in [-0.39, 0.29) is 29.2 Å². The lowest BCUT2D eigenvalue weighted by molar-refractivity contribution is -0.112. The smallest absolute Gasteiger partial charge is 0.335 e. The van der Waals surface area contributed by atoms with Crippen molar-refractivity contribution in [1.29, 1.82) is 5.26 Å². The number of benzene rings is 3. The Kier molecular flexibility index (Phi) is 7.37. The highest BCUT2D eigenvalue weighted by molar-refractivity contribution is 9.10. The summed E-state index contributed by atoms with van der Waals surface area (Å²) in [5.41, 5.74) is 1.12. The Morgan fingerprint density at radius 3 is 2.62 bits per heavy atom. The molecule has 0 aliphatic carbocycles. The standard InChI is InChI=1S/C24H16BrFN2O4/c25-19-7-8-22(32-14-15-3-1-5-20(26)9-15)17(11-19)10-18(13-27)23(29)28-21-6-2-4-16(12-21)24(30)31/h1-12H,14H2,(H,28,29)(H,30,31)/b18-10-. The third-order valence-electron chi connectivity index (χ3n) is 4.29. The summed E-state index contributed by atoms with van der Waals surface area (Å²) in [6.45, 7) is 0.0935. The molecule has 0 aliphatic rings. The van der Waals surface area contributed by atoms with Crippen molar-refractivity contribution in [3.63, 3.8) is 0 Å². The number of amides is 1. The molecule has 0 atom stereocenters. The van der Waals surface area contributed by atoms with Crippen LogP contribution in [0.25, 0.3) is 6.08 Å². The van der Waals surface area contributed by atoms with Crippen LogP contribution in [-0.4, -0.2) is 17.0 Å². The fraction of sp³-hybridized carbons (Fsp3) is 0.0417. The van der Waals surface area contributed by atoms with E-state index in [2.05, 4.69) is 21.2 Å². The minimum absolute atomic E-state index is 0.00492. The lowest BCUT2D eigenvalue weighted by atomic mass is 10.1. The molecule has 0 bridgehead atoms. The number of carboxylic acid groups (broad SMARTS) is 1. The first kappa shape index (κ1) is 22.7. The van der Waals surface area contributed by atoms with E-state index in [1.807, 2.05) is 6.07 Å². The zero-order valence-corrected chi connectivity index (χ0v) is 18.1. The van der Waals surface area contributed by atoms with Crippen LogP contribution in [0.4, 0.5) is 10.1 Å². The van der Waals surface area contributed by atoms with Crippen molar-refractivity contribution in [3.8, 4) is 11.8 Å². The van der Waals surface area contributed by atoms with Crippen LogP contribution in [0.1, 0.15) is 21.5 Å². The Balaban J connectivity index is 1.83. The molecular formula is C24H16BrFN2O4. The number of carbonyl (C=O) groups is 2. The zero-order valence-electron chi connectivity index (χ0n) is 16.5. The maximum Gasteiger partial charge on any atom is 0.335 e. The summed E-state index contributed by atoms with van der Waals surface area (Å²) >= 11 is 3.35. The van der Waals surface area contributed by atoms with Gasteiger partial charge in [-0.2, -0.15) is 5.26 Å². The molecule has 32 heavy (non-hydrogen) atoms. The zero-order chi connectivity index (χ0) is 23.1. The van der Waals surface area contributed by atoms with E-state index in [1.165, 1.54) is 42.5 Å². The topological polar surface area (TPSA) is 99.4 Å². The van der Waals surface area contributed by atoms with Crippen LogP contribution in [-0.2, 0) is 11.4 Å². The number of rotatable bonds is 7. The number of carbonyl (C=O) groups excluding carboxylic acids is 1. The first-order chi connectivity index (χ1) is 15.4. The SMILES string of the molecule is N#C/C(=C/c1cc(Br)ccc1OCc1cccc(F)c1)C(=O)Nc1cccc(C(=O)O)c1. The Morgan fingerprint density at radius 2 is 1.91 bits per heavy atom. The third-order valence-corrected chi connectivity index (χ3v) is 4.78. The fourth-order valence-corrected chi connectivity index (χ4v) is 3.16. The lowest BCUT2D eigenvalue weighted by Crippen LogP contribution is -2.14. The number of nitriles is 1. The monoisotopic (exact) mass is 494 g/mol. The number of halogens is 2. The molecule has 3 aromatic carbocycles. The van der Waals surface area contributed by atoms with Crippen LogP contribution in [0.5, 0.6) is 5.75 Å². The van der Waals surface area contributed by atoms with Crippen molar-refractivity contribution >= 4 is 39.6 Å². The minimum atomic E-state index is -1.13. The minimum Gasteiger partial charge on any atom is -0.488 e. The van der Waals surface area contributed by atoms with Gasteiger partial charge in [0.1, 0.15) is 29.8 Å². The van der Waals surface area contributed by atoms with Crippen LogP contribution >= 0.6 is 15.9 Å². The summed E-state index contributed by atoms with van der Waals surface area (Å²) < 4.78 is 19.9. The summed E-state index contributed by atoms with van der Waals surface area (Å²) in [6.07, 6.45) is 1.36. The first-order valence-electron chi connectivity index (χ1n) is 9.29. The van der Waals surface area contributed by atoms with Crippen molar-refractivity contribution in [2.45, 2.75) is 6.61 Å². The number of nitrogens with one attached hydrogen (secondary N) is 1. The predicted octanol–water partition coefficient (Wildman–Crippen LogP) is 5.41. The van der Waals surface area contributed by atoms with Gasteiger partial charge in [0.15, 0.2) is 0 Å². The van der Waals surface area contributed by atoms with Gasteiger partial charge in [-0.25, -0.2) is 9.18 Å². The van der Waals surface area contributed by atoms with Gasteiger partial charge in [-0.3, -0.25) is 4.79 Å². The second kappa shape index (κ2) is 10.4. The molecular weight excluding hydrogens is 479 g/mol. The highest BCUT2D eigenvalue weighted by Gasteiger charge is 2.13. The quantitative estimate of drug-likeness (QED) is 0.337. The summed E-state index contributed by atoms with van der Waals surface area (Å²) in [6, 6.07) is 18.6. The molecule has 6 nitrogen and oxygen atoms in total. The van der Waals surface area contributed by atoms with Crippen molar-refractivity contribution in [2.24, 2.45) is 0 Å². The van der Waals surface area contributed by atoms with Crippen LogP contribution in [0.2, 0.25) is 0 Å². The van der Waals surface area contributed by atoms with Gasteiger partial charge in [0, 0.05) is 15.7 Å². The molecule has 0 radical (unpaired) electrons. The van der Waals surface area contributed by atoms with Crippen LogP contribution < -0.4 is 10.1 Å². The molecule has 3 aromatic rings. The molecule has 2 N–H and O–H groups in total. The molecule has 0 saturated heterocycles. The molecule has 0 aromatic heterocycles. The average molecular weight is 495 g/mol. The highest BCUT2D eigenvalue weighted by Crippen LogP contribution is 2.27. The van der Waals surface area contributed by atoms with Crippen molar-refractivity contribution < 1.29 is 23.8 Å². The molecule has 8 heteroatoms. The molecule has 3 rings (SSSR count). The van der Waals surface area contributed by atoms with Gasteiger partial charge >= 0.3 is 5.97 Å². The summed E-state index contributed by atoms with van der Waals surface area (Å²) in [5.74, 6) is -1.82. The van der Waals surface area contributed by atoms with E-state index >= 15 is 0 Å². The number of anilines is 1. The van der Waals surface area contributed by atoms with Gasteiger partial charge in [0.05, 0.1) is 5.56 Å². The normalized spacial score (nSPS) is 10.8. The second-order valence-corrected chi connectivity index (χ2v) is 7.53. The Bertz CT molecular complexity index is 1250. The predicted molar refractivity (Wildman–Crippen MR) is 120 cm³/mol. The fourth-order valence-electron chi connectivity index (χ4n) is 2.78. The van der Waals surface area contributed by atoms with Gasteiger partial charge in [-0.1, -0.05) is 34.1 Å². The number of carboxylic acids is 1. The van der Waals surface area contributed by atoms with Crippen molar-refractivity contribution in [3.05, 3.63) is 99.3 Å². The van der Waals surface area contributed by atoms with Crippen LogP contribution in [0.15, 0.2) is 76.8 Å². The van der Waals surface area contributed by atoms with E-state index in [9.17, 15) is 19.2 Å². The molecule has 1 amide bonds. The number of hydrogen-bond acceptors (Lipinski definition) is 4. The molecule has 0 aliphatic heterocycles. The Labute approximate surface area is 191 Å². The second-order valence-electron chi connectivity index (χ2n) is 6.61. The lowest BCUT2D eigenvalue weighted by Gasteiger charge is -2.11. The van der Waals surface area contributed by atoms with E-state index in [0.29, 0.717) is 21.3 Å². The maximum absolute atomic E-state index is 13.4. The molecule has 160 valence electrons. The van der Waals surface area contributed by atoms with E-state index in [0.717, 1.165) is 0 Å². The van der Waals surface area contributed by atoms with Crippen LogP contribution in [0.3, 0.4) is 0 Å². The number of ether oxygens (including phenoxy) is 1. The largest absolute Gasteiger partial charge is 0.488 e. The number of nitrogens with zero attached hydrogens (tertiary/aromatic N) is 1.